The summed E-state index contributed by atoms with van der Waals surface area (Å²) in [6.45, 7) is 2.05. The number of hydrogen-bond acceptors (Lipinski definition) is 3. The number of rotatable bonds is 7. The summed E-state index contributed by atoms with van der Waals surface area (Å²) in [5, 5.41) is 0. The van der Waals surface area contributed by atoms with Crippen molar-refractivity contribution < 1.29 is 13.2 Å². The number of methoxy groups -OCH3 is 1. The fourth-order valence-electron chi connectivity index (χ4n) is 2.82. The first-order chi connectivity index (χ1) is 11.5. The van der Waals surface area contributed by atoms with Crippen LogP contribution in [-0.2, 0) is 16.4 Å². The standard InChI is InChI=1S/C19H23NO3S/c1-3-14-4-12-18(13-5-14)24(21,22)20-19(15-6-7-15)16-8-10-17(23-2)11-9-16/h4-5,8-13,15,19-20H,3,6-7H2,1-2H3/t19-/m1/s1. The van der Waals surface area contributed by atoms with Gasteiger partial charge < -0.3 is 4.74 Å². The van der Waals surface area contributed by atoms with Crippen molar-refractivity contribution in [1.82, 2.24) is 4.72 Å². The lowest BCUT2D eigenvalue weighted by atomic mass is 10.0. The average Bonchev–Trinajstić information content (AvgIpc) is 3.45. The second-order valence-electron chi connectivity index (χ2n) is 6.21. The van der Waals surface area contributed by atoms with Crippen LogP contribution >= 0.6 is 0 Å². The molecule has 3 rings (SSSR count). The molecule has 0 aliphatic heterocycles. The van der Waals surface area contributed by atoms with Crippen molar-refractivity contribution >= 4 is 10.0 Å². The smallest absolute Gasteiger partial charge is 0.241 e. The molecule has 2 aromatic carbocycles. The number of nitrogens with one attached hydrogen (secondary N) is 1. The van der Waals surface area contributed by atoms with Gasteiger partial charge in [-0.15, -0.1) is 0 Å². The van der Waals surface area contributed by atoms with E-state index in [0.717, 1.165) is 36.1 Å². The lowest BCUT2D eigenvalue weighted by Gasteiger charge is -2.19. The van der Waals surface area contributed by atoms with Crippen LogP contribution in [0.5, 0.6) is 5.75 Å². The first-order valence-corrected chi connectivity index (χ1v) is 9.77. The van der Waals surface area contributed by atoms with E-state index in [1.165, 1.54) is 0 Å². The maximum Gasteiger partial charge on any atom is 0.241 e. The molecule has 0 aromatic heterocycles. The molecule has 0 spiro atoms. The molecule has 0 bridgehead atoms. The maximum atomic E-state index is 12.7. The third kappa shape index (κ3) is 3.79. The van der Waals surface area contributed by atoms with E-state index in [2.05, 4.69) is 11.6 Å². The molecule has 1 fully saturated rings. The van der Waals surface area contributed by atoms with E-state index >= 15 is 0 Å². The molecular weight excluding hydrogens is 322 g/mol. The number of ether oxygens (including phenoxy) is 1. The van der Waals surface area contributed by atoms with Gasteiger partial charge in [-0.1, -0.05) is 31.2 Å². The molecular formula is C19H23NO3S. The number of sulfonamides is 1. The predicted molar refractivity (Wildman–Crippen MR) is 94.6 cm³/mol. The Hall–Kier alpha value is -1.85. The molecule has 0 amide bonds. The quantitative estimate of drug-likeness (QED) is 0.833. The Morgan fingerprint density at radius 1 is 1.08 bits per heavy atom. The maximum absolute atomic E-state index is 12.7. The molecule has 1 N–H and O–H groups in total. The number of benzene rings is 2. The van der Waals surface area contributed by atoms with Crippen LogP contribution in [0.15, 0.2) is 53.4 Å². The van der Waals surface area contributed by atoms with Crippen LogP contribution in [0.25, 0.3) is 0 Å². The Morgan fingerprint density at radius 3 is 2.21 bits per heavy atom. The Bertz CT molecular complexity index is 778. The summed E-state index contributed by atoms with van der Waals surface area (Å²) < 4.78 is 33.5. The second-order valence-corrected chi connectivity index (χ2v) is 7.92. The molecule has 0 unspecified atom stereocenters. The molecule has 1 aliphatic carbocycles. The second kappa shape index (κ2) is 6.95. The van der Waals surface area contributed by atoms with Crippen LogP contribution < -0.4 is 9.46 Å². The van der Waals surface area contributed by atoms with E-state index in [1.54, 1.807) is 19.2 Å². The summed E-state index contributed by atoms with van der Waals surface area (Å²) in [7, 11) is -1.91. The van der Waals surface area contributed by atoms with Crippen molar-refractivity contribution in [2.24, 2.45) is 5.92 Å². The molecule has 0 radical (unpaired) electrons. The topological polar surface area (TPSA) is 55.4 Å². The minimum Gasteiger partial charge on any atom is -0.497 e. The van der Waals surface area contributed by atoms with Crippen molar-refractivity contribution in [2.45, 2.75) is 37.1 Å². The molecule has 1 saturated carbocycles. The lowest BCUT2D eigenvalue weighted by molar-refractivity contribution is 0.414. The van der Waals surface area contributed by atoms with Crippen LogP contribution in [0.2, 0.25) is 0 Å². The molecule has 1 aliphatic rings. The van der Waals surface area contributed by atoms with Gasteiger partial charge in [0.1, 0.15) is 5.75 Å². The van der Waals surface area contributed by atoms with Gasteiger partial charge in [0.05, 0.1) is 12.0 Å². The van der Waals surface area contributed by atoms with Crippen molar-refractivity contribution in [3.8, 4) is 5.75 Å². The summed E-state index contributed by atoms with van der Waals surface area (Å²) in [4.78, 5) is 0.318. The zero-order chi connectivity index (χ0) is 17.2. The zero-order valence-electron chi connectivity index (χ0n) is 14.0. The van der Waals surface area contributed by atoms with Gasteiger partial charge in [0.15, 0.2) is 0 Å². The van der Waals surface area contributed by atoms with Crippen molar-refractivity contribution in [2.75, 3.05) is 7.11 Å². The Morgan fingerprint density at radius 2 is 1.71 bits per heavy atom. The first-order valence-electron chi connectivity index (χ1n) is 8.28. The minimum absolute atomic E-state index is 0.188. The predicted octanol–water partition coefficient (Wildman–Crippen LogP) is 3.69. The van der Waals surface area contributed by atoms with Crippen LogP contribution in [0, 0.1) is 5.92 Å². The van der Waals surface area contributed by atoms with E-state index in [1.807, 2.05) is 36.4 Å². The SMILES string of the molecule is CCc1ccc(S(=O)(=O)N[C@@H](c2ccc(OC)cc2)C2CC2)cc1. The van der Waals surface area contributed by atoms with Crippen molar-refractivity contribution in [3.63, 3.8) is 0 Å². The van der Waals surface area contributed by atoms with E-state index in [0.29, 0.717) is 10.8 Å². The third-order valence-electron chi connectivity index (χ3n) is 4.49. The minimum atomic E-state index is -3.53. The van der Waals surface area contributed by atoms with Gasteiger partial charge in [-0.3, -0.25) is 0 Å². The van der Waals surface area contributed by atoms with Crippen LogP contribution in [0.3, 0.4) is 0 Å². The highest BCUT2D eigenvalue weighted by Gasteiger charge is 2.35. The van der Waals surface area contributed by atoms with Gasteiger partial charge in [0.2, 0.25) is 10.0 Å². The largest absolute Gasteiger partial charge is 0.497 e. The monoisotopic (exact) mass is 345 g/mol. The Kier molecular flexibility index (Phi) is 4.92. The van der Waals surface area contributed by atoms with E-state index < -0.39 is 10.0 Å². The van der Waals surface area contributed by atoms with Gasteiger partial charge >= 0.3 is 0 Å². The first kappa shape index (κ1) is 17.0. The molecule has 2 aromatic rings. The van der Waals surface area contributed by atoms with Gasteiger partial charge in [-0.25, -0.2) is 13.1 Å². The normalized spacial score (nSPS) is 15.9. The number of hydrogen-bond donors (Lipinski definition) is 1. The van der Waals surface area contributed by atoms with Gasteiger partial charge in [0.25, 0.3) is 0 Å². The van der Waals surface area contributed by atoms with Crippen LogP contribution in [-0.4, -0.2) is 15.5 Å². The molecule has 0 saturated heterocycles. The third-order valence-corrected chi connectivity index (χ3v) is 5.95. The lowest BCUT2D eigenvalue weighted by Crippen LogP contribution is -2.30. The fourth-order valence-corrected chi connectivity index (χ4v) is 4.11. The summed E-state index contributed by atoms with van der Waals surface area (Å²) in [5.74, 6) is 1.13. The average molecular weight is 345 g/mol. The van der Waals surface area contributed by atoms with E-state index in [-0.39, 0.29) is 6.04 Å². The Balaban J connectivity index is 1.83. The van der Waals surface area contributed by atoms with Gasteiger partial charge in [-0.2, -0.15) is 0 Å². The van der Waals surface area contributed by atoms with E-state index in [9.17, 15) is 8.42 Å². The molecule has 1 atom stereocenters. The van der Waals surface area contributed by atoms with Crippen LogP contribution in [0.4, 0.5) is 0 Å². The summed E-state index contributed by atoms with van der Waals surface area (Å²) in [6, 6.07) is 14.5. The van der Waals surface area contributed by atoms with E-state index in [4.69, 9.17) is 4.74 Å². The molecule has 4 nitrogen and oxygen atoms in total. The van der Waals surface area contributed by atoms with Crippen molar-refractivity contribution in [1.29, 1.82) is 0 Å². The molecule has 0 heterocycles. The summed E-state index contributed by atoms with van der Waals surface area (Å²) in [5.41, 5.74) is 2.11. The van der Waals surface area contributed by atoms with Gasteiger partial charge in [-0.05, 0) is 60.6 Å². The van der Waals surface area contributed by atoms with Crippen molar-refractivity contribution in [3.05, 3.63) is 59.7 Å². The van der Waals surface area contributed by atoms with Crippen LogP contribution in [0.1, 0.15) is 36.9 Å². The fraction of sp³-hybridized carbons (Fsp3) is 0.368. The highest BCUT2D eigenvalue weighted by molar-refractivity contribution is 7.89. The summed E-state index contributed by atoms with van der Waals surface area (Å²) in [6.07, 6.45) is 2.99. The highest BCUT2D eigenvalue weighted by atomic mass is 32.2. The highest BCUT2D eigenvalue weighted by Crippen LogP contribution is 2.42. The molecule has 5 heteroatoms. The molecule has 128 valence electrons. The zero-order valence-corrected chi connectivity index (χ0v) is 14.8. The van der Waals surface area contributed by atoms with Gasteiger partial charge in [0, 0.05) is 6.04 Å². The Labute approximate surface area is 143 Å². The number of aryl methyl sites for hydroxylation is 1. The molecule has 24 heavy (non-hydrogen) atoms. The summed E-state index contributed by atoms with van der Waals surface area (Å²) >= 11 is 0.